The summed E-state index contributed by atoms with van der Waals surface area (Å²) in [5.41, 5.74) is 2.90. The molecule has 0 aliphatic heterocycles. The zero-order chi connectivity index (χ0) is 12.3. The van der Waals surface area contributed by atoms with Crippen LogP contribution in [0.4, 0.5) is 0 Å². The maximum Gasteiger partial charge on any atom is 0.153 e. The summed E-state index contributed by atoms with van der Waals surface area (Å²) < 4.78 is 0. The summed E-state index contributed by atoms with van der Waals surface area (Å²) in [6.45, 7) is 0. The molecule has 0 bridgehead atoms. The Labute approximate surface area is 105 Å². The summed E-state index contributed by atoms with van der Waals surface area (Å²) >= 11 is 4.26. The van der Waals surface area contributed by atoms with E-state index in [4.69, 9.17) is 0 Å². The van der Waals surface area contributed by atoms with E-state index in [1.807, 2.05) is 24.3 Å². The number of phenolic OH excluding ortho intramolecular Hbond substituents is 1. The molecule has 0 aromatic heterocycles. The van der Waals surface area contributed by atoms with Gasteiger partial charge in [0.2, 0.25) is 0 Å². The first-order valence-corrected chi connectivity index (χ1v) is 5.87. The van der Waals surface area contributed by atoms with E-state index in [2.05, 4.69) is 12.6 Å². The lowest BCUT2D eigenvalue weighted by atomic mass is 9.98. The zero-order valence-electron chi connectivity index (χ0n) is 9.13. The highest BCUT2D eigenvalue weighted by Gasteiger charge is 2.10. The number of aldehydes is 1. The number of rotatable bonds is 3. The lowest BCUT2D eigenvalue weighted by Crippen LogP contribution is -1.89. The second-order valence-electron chi connectivity index (χ2n) is 3.68. The molecule has 17 heavy (non-hydrogen) atoms. The summed E-state index contributed by atoms with van der Waals surface area (Å²) in [5, 5.41) is 10.0. The van der Waals surface area contributed by atoms with Gasteiger partial charge in [-0.25, -0.2) is 0 Å². The third kappa shape index (κ3) is 2.19. The minimum Gasteiger partial charge on any atom is -0.507 e. The number of carbonyl (C=O) groups is 1. The molecule has 86 valence electrons. The number of thiol groups is 1. The second kappa shape index (κ2) is 5.06. The Hall–Kier alpha value is -1.74. The predicted molar refractivity (Wildman–Crippen MR) is 71.6 cm³/mol. The van der Waals surface area contributed by atoms with Crippen molar-refractivity contribution in [3.63, 3.8) is 0 Å². The van der Waals surface area contributed by atoms with Gasteiger partial charge in [0.25, 0.3) is 0 Å². The van der Waals surface area contributed by atoms with E-state index >= 15 is 0 Å². The van der Waals surface area contributed by atoms with Gasteiger partial charge in [-0.15, -0.1) is 0 Å². The molecule has 0 aliphatic carbocycles. The molecule has 2 rings (SSSR count). The van der Waals surface area contributed by atoms with Crippen LogP contribution in [-0.2, 0) is 5.75 Å². The highest BCUT2D eigenvalue weighted by molar-refractivity contribution is 7.79. The van der Waals surface area contributed by atoms with Crippen molar-refractivity contribution >= 4 is 18.9 Å². The summed E-state index contributed by atoms with van der Waals surface area (Å²) in [7, 11) is 0. The molecule has 0 fully saturated rings. The number of aromatic hydroxyl groups is 1. The first-order chi connectivity index (χ1) is 8.27. The molecular formula is C14H12O2S. The van der Waals surface area contributed by atoms with Crippen molar-refractivity contribution in [2.45, 2.75) is 5.75 Å². The predicted octanol–water partition coefficient (Wildman–Crippen LogP) is 3.30. The number of hydrogen-bond acceptors (Lipinski definition) is 3. The normalized spacial score (nSPS) is 10.2. The van der Waals surface area contributed by atoms with Crippen LogP contribution in [0.15, 0.2) is 42.5 Å². The molecule has 2 nitrogen and oxygen atoms in total. The van der Waals surface area contributed by atoms with Crippen molar-refractivity contribution < 1.29 is 9.90 Å². The quantitative estimate of drug-likeness (QED) is 0.642. The topological polar surface area (TPSA) is 37.3 Å². The second-order valence-corrected chi connectivity index (χ2v) is 3.99. The van der Waals surface area contributed by atoms with Crippen LogP contribution in [-0.4, -0.2) is 11.4 Å². The van der Waals surface area contributed by atoms with E-state index in [1.165, 1.54) is 0 Å². The molecule has 0 aliphatic rings. The Morgan fingerprint density at radius 2 is 1.76 bits per heavy atom. The van der Waals surface area contributed by atoms with Gasteiger partial charge in [-0.1, -0.05) is 36.4 Å². The van der Waals surface area contributed by atoms with E-state index in [0.29, 0.717) is 23.2 Å². The van der Waals surface area contributed by atoms with Gasteiger partial charge < -0.3 is 5.11 Å². The molecule has 2 aromatic rings. The molecule has 0 saturated heterocycles. The summed E-state index contributed by atoms with van der Waals surface area (Å²) in [5.74, 6) is 0.609. The smallest absolute Gasteiger partial charge is 0.153 e. The Morgan fingerprint density at radius 3 is 2.47 bits per heavy atom. The van der Waals surface area contributed by atoms with Crippen LogP contribution < -0.4 is 0 Å². The van der Waals surface area contributed by atoms with E-state index in [1.54, 1.807) is 18.2 Å². The number of carbonyl (C=O) groups excluding carboxylic acids is 1. The van der Waals surface area contributed by atoms with Gasteiger partial charge in [0, 0.05) is 11.3 Å². The fraction of sp³-hybridized carbons (Fsp3) is 0.0714. The third-order valence-electron chi connectivity index (χ3n) is 2.67. The molecule has 2 aromatic carbocycles. The van der Waals surface area contributed by atoms with Crippen LogP contribution in [0, 0.1) is 0 Å². The van der Waals surface area contributed by atoms with E-state index in [0.717, 1.165) is 11.1 Å². The molecule has 0 radical (unpaired) electrons. The van der Waals surface area contributed by atoms with Gasteiger partial charge in [0.1, 0.15) is 5.75 Å². The van der Waals surface area contributed by atoms with E-state index in [9.17, 15) is 9.90 Å². The van der Waals surface area contributed by atoms with Crippen LogP contribution in [0.3, 0.4) is 0 Å². The molecule has 0 amide bonds. The van der Waals surface area contributed by atoms with Crippen LogP contribution in [0.5, 0.6) is 5.75 Å². The van der Waals surface area contributed by atoms with E-state index in [-0.39, 0.29) is 5.75 Å². The molecule has 0 unspecified atom stereocenters. The third-order valence-corrected chi connectivity index (χ3v) is 3.01. The lowest BCUT2D eigenvalue weighted by Gasteiger charge is -2.10. The molecule has 0 atom stereocenters. The maximum absolute atomic E-state index is 10.8. The SMILES string of the molecule is O=Cc1cccc(-c2ccccc2CS)c1O. The Bertz CT molecular complexity index is 550. The van der Waals surface area contributed by atoms with Crippen LogP contribution in [0.2, 0.25) is 0 Å². The van der Waals surface area contributed by atoms with Crippen LogP contribution in [0.1, 0.15) is 15.9 Å². The largest absolute Gasteiger partial charge is 0.507 e. The minimum absolute atomic E-state index is 0.0248. The molecule has 0 heterocycles. The van der Waals surface area contributed by atoms with Gasteiger partial charge in [0.05, 0.1) is 5.56 Å². The Balaban J connectivity index is 2.64. The summed E-state index contributed by atoms with van der Waals surface area (Å²) in [6.07, 6.45) is 0.655. The van der Waals surface area contributed by atoms with E-state index < -0.39 is 0 Å². The molecule has 0 spiro atoms. The molecule has 1 N–H and O–H groups in total. The fourth-order valence-corrected chi connectivity index (χ4v) is 2.07. The highest BCUT2D eigenvalue weighted by Crippen LogP contribution is 2.33. The van der Waals surface area contributed by atoms with Crippen LogP contribution in [0.25, 0.3) is 11.1 Å². The van der Waals surface area contributed by atoms with Gasteiger partial charge in [0.15, 0.2) is 6.29 Å². The average molecular weight is 244 g/mol. The summed E-state index contributed by atoms with van der Waals surface area (Å²) in [6, 6.07) is 12.8. The van der Waals surface area contributed by atoms with Gasteiger partial charge in [-0.2, -0.15) is 12.6 Å². The average Bonchev–Trinajstić information content (AvgIpc) is 2.39. The van der Waals surface area contributed by atoms with Gasteiger partial charge in [-0.05, 0) is 17.2 Å². The summed E-state index contributed by atoms with van der Waals surface area (Å²) in [4.78, 5) is 10.8. The maximum atomic E-state index is 10.8. The minimum atomic E-state index is 0.0248. The van der Waals surface area contributed by atoms with Crippen molar-refractivity contribution in [3.8, 4) is 16.9 Å². The number of phenols is 1. The van der Waals surface area contributed by atoms with Crippen molar-refractivity contribution in [1.82, 2.24) is 0 Å². The van der Waals surface area contributed by atoms with Crippen molar-refractivity contribution in [2.24, 2.45) is 0 Å². The molecule has 0 saturated carbocycles. The number of benzene rings is 2. The number of para-hydroxylation sites is 1. The Kier molecular flexibility index (Phi) is 3.49. The first kappa shape index (κ1) is 11.7. The van der Waals surface area contributed by atoms with Crippen LogP contribution >= 0.6 is 12.6 Å². The molecule has 3 heteroatoms. The van der Waals surface area contributed by atoms with Crippen molar-refractivity contribution in [3.05, 3.63) is 53.6 Å². The molecular weight excluding hydrogens is 232 g/mol. The standard InChI is InChI=1S/C14H12O2S/c15-8-10-5-3-7-13(14(10)16)12-6-2-1-4-11(12)9-17/h1-8,16-17H,9H2. The monoisotopic (exact) mass is 244 g/mol. The lowest BCUT2D eigenvalue weighted by molar-refractivity contribution is 0.112. The van der Waals surface area contributed by atoms with Crippen molar-refractivity contribution in [2.75, 3.05) is 0 Å². The fourth-order valence-electron chi connectivity index (χ4n) is 1.79. The zero-order valence-corrected chi connectivity index (χ0v) is 10.0. The highest BCUT2D eigenvalue weighted by atomic mass is 32.1. The first-order valence-electron chi connectivity index (χ1n) is 5.24. The van der Waals surface area contributed by atoms with Gasteiger partial charge in [-0.3, -0.25) is 4.79 Å². The number of hydrogen-bond donors (Lipinski definition) is 2. The Morgan fingerprint density at radius 1 is 1.06 bits per heavy atom. The van der Waals surface area contributed by atoms with Gasteiger partial charge >= 0.3 is 0 Å². The van der Waals surface area contributed by atoms with Crippen molar-refractivity contribution in [1.29, 1.82) is 0 Å².